The summed E-state index contributed by atoms with van der Waals surface area (Å²) in [4.78, 5) is 17.0. The van der Waals surface area contributed by atoms with Crippen molar-refractivity contribution >= 4 is 40.1 Å². The lowest BCUT2D eigenvalue weighted by Gasteiger charge is -2.27. The van der Waals surface area contributed by atoms with Gasteiger partial charge in [0.25, 0.3) is 0 Å². The Morgan fingerprint density at radius 2 is 1.93 bits per heavy atom. The van der Waals surface area contributed by atoms with Gasteiger partial charge in [0.2, 0.25) is 0 Å². The maximum atomic E-state index is 12.5. The Labute approximate surface area is 172 Å². The predicted octanol–water partition coefficient (Wildman–Crippen LogP) is 4.93. The summed E-state index contributed by atoms with van der Waals surface area (Å²) in [5, 5.41) is 5.89. The Morgan fingerprint density at radius 1 is 1.10 bits per heavy atom. The van der Waals surface area contributed by atoms with Gasteiger partial charge in [0.15, 0.2) is 5.76 Å². The third-order valence-electron chi connectivity index (χ3n) is 4.92. The monoisotopic (exact) mass is 397 g/mol. The quantitative estimate of drug-likeness (QED) is 0.393. The van der Waals surface area contributed by atoms with Gasteiger partial charge in [-0.2, -0.15) is 5.10 Å². The van der Waals surface area contributed by atoms with Crippen LogP contribution in [0.3, 0.4) is 0 Å². The number of nitrogens with zero attached hydrogens (tertiary/aromatic N) is 2. The van der Waals surface area contributed by atoms with Gasteiger partial charge in [0.1, 0.15) is 16.9 Å². The standard InChI is InChI=1S/C24H19N3O3/c1-24(2)12-11-18-20(30-24)10-8-16-13-21(29-22(16)18)23(28)27-25-14-17-9-7-15-5-3-4-6-19(15)26-17/h3-14H,1-2H3,(H,27,28)/b25-14+. The largest absolute Gasteiger partial charge is 0.483 e. The van der Waals surface area contributed by atoms with Gasteiger partial charge in [0.05, 0.1) is 23.0 Å². The number of carbonyl (C=O) groups excluding carboxylic acids is 1. The fourth-order valence-electron chi connectivity index (χ4n) is 3.43. The van der Waals surface area contributed by atoms with E-state index in [2.05, 4.69) is 15.5 Å². The molecule has 0 bridgehead atoms. The molecule has 148 valence electrons. The number of hydrogen-bond donors (Lipinski definition) is 1. The van der Waals surface area contributed by atoms with Crippen LogP contribution in [0.1, 0.15) is 35.7 Å². The van der Waals surface area contributed by atoms with Crippen molar-refractivity contribution in [2.45, 2.75) is 19.4 Å². The van der Waals surface area contributed by atoms with Gasteiger partial charge in [-0.05, 0) is 56.3 Å². The van der Waals surface area contributed by atoms with Crippen molar-refractivity contribution in [3.05, 3.63) is 77.7 Å². The second-order valence-corrected chi connectivity index (χ2v) is 7.67. The summed E-state index contributed by atoms with van der Waals surface area (Å²) < 4.78 is 11.8. The molecule has 1 amide bonds. The minimum atomic E-state index is -0.432. The highest BCUT2D eigenvalue weighted by molar-refractivity contribution is 5.99. The van der Waals surface area contributed by atoms with Crippen LogP contribution in [0.25, 0.3) is 27.9 Å². The Kier molecular flexibility index (Phi) is 4.13. The van der Waals surface area contributed by atoms with Crippen molar-refractivity contribution in [1.82, 2.24) is 10.4 Å². The first-order chi connectivity index (χ1) is 14.5. The topological polar surface area (TPSA) is 76.7 Å². The number of carbonyl (C=O) groups is 1. The van der Waals surface area contributed by atoms with E-state index in [0.717, 1.165) is 27.6 Å². The molecule has 4 aromatic rings. The third-order valence-corrected chi connectivity index (χ3v) is 4.92. The minimum absolute atomic E-state index is 0.181. The number of para-hydroxylation sites is 1. The average Bonchev–Trinajstić information content (AvgIpc) is 3.17. The first-order valence-corrected chi connectivity index (χ1v) is 9.63. The highest BCUT2D eigenvalue weighted by Crippen LogP contribution is 2.37. The molecule has 0 radical (unpaired) electrons. The third kappa shape index (κ3) is 3.33. The first-order valence-electron chi connectivity index (χ1n) is 9.63. The zero-order valence-corrected chi connectivity index (χ0v) is 16.5. The summed E-state index contributed by atoms with van der Waals surface area (Å²) in [6, 6.07) is 17.1. The molecule has 0 unspecified atom stereocenters. The molecule has 0 saturated carbocycles. The van der Waals surface area contributed by atoms with Crippen molar-refractivity contribution < 1.29 is 13.9 Å². The molecule has 2 aromatic heterocycles. The summed E-state index contributed by atoms with van der Waals surface area (Å²) in [7, 11) is 0. The number of ether oxygens (including phenoxy) is 1. The van der Waals surface area contributed by atoms with Gasteiger partial charge >= 0.3 is 5.91 Å². The molecule has 2 aromatic carbocycles. The molecule has 3 heterocycles. The van der Waals surface area contributed by atoms with Crippen LogP contribution in [0.5, 0.6) is 5.75 Å². The Bertz CT molecular complexity index is 1350. The highest BCUT2D eigenvalue weighted by atomic mass is 16.5. The van der Waals surface area contributed by atoms with E-state index in [-0.39, 0.29) is 11.4 Å². The van der Waals surface area contributed by atoms with Crippen LogP contribution in [0.15, 0.2) is 70.2 Å². The molecule has 1 aliphatic heterocycles. The molecule has 0 atom stereocenters. The Balaban J connectivity index is 1.36. The molecule has 1 aliphatic rings. The second kappa shape index (κ2) is 6.84. The lowest BCUT2D eigenvalue weighted by Crippen LogP contribution is -2.27. The van der Waals surface area contributed by atoms with Crippen molar-refractivity contribution in [2.24, 2.45) is 5.10 Å². The van der Waals surface area contributed by atoms with Crippen LogP contribution >= 0.6 is 0 Å². The van der Waals surface area contributed by atoms with Crippen molar-refractivity contribution in [3.8, 4) is 5.75 Å². The molecular weight excluding hydrogens is 378 g/mol. The molecule has 0 aliphatic carbocycles. The number of aromatic nitrogens is 1. The molecule has 0 fully saturated rings. The Morgan fingerprint density at radius 3 is 2.83 bits per heavy atom. The lowest BCUT2D eigenvalue weighted by molar-refractivity contribution is 0.0929. The number of fused-ring (bicyclic) bond motifs is 4. The van der Waals surface area contributed by atoms with E-state index in [1.54, 1.807) is 6.07 Å². The molecule has 0 spiro atoms. The van der Waals surface area contributed by atoms with Crippen molar-refractivity contribution in [3.63, 3.8) is 0 Å². The predicted molar refractivity (Wildman–Crippen MR) is 117 cm³/mol. The average molecular weight is 397 g/mol. The van der Waals surface area contributed by atoms with E-state index >= 15 is 0 Å². The number of nitrogens with one attached hydrogen (secondary N) is 1. The molecule has 30 heavy (non-hydrogen) atoms. The molecular formula is C24H19N3O3. The number of benzene rings is 2. The van der Waals surface area contributed by atoms with Crippen LogP contribution in [-0.4, -0.2) is 22.7 Å². The number of amides is 1. The maximum absolute atomic E-state index is 12.5. The maximum Gasteiger partial charge on any atom is 0.307 e. The SMILES string of the molecule is CC1(C)C=Cc2c(ccc3cc(C(=O)N/N=C/c4ccc5ccccc5n4)oc23)O1. The zero-order valence-electron chi connectivity index (χ0n) is 16.5. The van der Waals surface area contributed by atoms with E-state index in [4.69, 9.17) is 9.15 Å². The van der Waals surface area contributed by atoms with Gasteiger partial charge < -0.3 is 9.15 Å². The first kappa shape index (κ1) is 18.1. The molecule has 1 N–H and O–H groups in total. The molecule has 6 nitrogen and oxygen atoms in total. The number of hydrazone groups is 1. The molecule has 6 heteroatoms. The van der Waals surface area contributed by atoms with E-state index in [9.17, 15) is 4.79 Å². The normalized spacial score (nSPS) is 14.7. The van der Waals surface area contributed by atoms with Gasteiger partial charge in [-0.1, -0.05) is 24.3 Å². The fraction of sp³-hybridized carbons (Fsp3) is 0.125. The minimum Gasteiger partial charge on any atom is -0.483 e. The molecule has 0 saturated heterocycles. The van der Waals surface area contributed by atoms with E-state index in [1.807, 2.05) is 74.5 Å². The molecule has 5 rings (SSSR count). The van der Waals surface area contributed by atoms with Crippen LogP contribution in [0.2, 0.25) is 0 Å². The van der Waals surface area contributed by atoms with Gasteiger partial charge in [0, 0.05) is 10.8 Å². The van der Waals surface area contributed by atoms with E-state index in [1.165, 1.54) is 6.21 Å². The zero-order chi connectivity index (χ0) is 20.7. The van der Waals surface area contributed by atoms with Gasteiger partial charge in [-0.3, -0.25) is 4.79 Å². The number of rotatable bonds is 3. The van der Waals surface area contributed by atoms with E-state index < -0.39 is 5.91 Å². The number of furan rings is 1. The van der Waals surface area contributed by atoms with Crippen LogP contribution in [0, 0.1) is 0 Å². The number of hydrogen-bond acceptors (Lipinski definition) is 5. The van der Waals surface area contributed by atoms with Crippen molar-refractivity contribution in [2.75, 3.05) is 0 Å². The van der Waals surface area contributed by atoms with E-state index in [0.29, 0.717) is 11.3 Å². The van der Waals surface area contributed by atoms with Gasteiger partial charge in [-0.25, -0.2) is 10.4 Å². The Hall–Kier alpha value is -3.93. The second-order valence-electron chi connectivity index (χ2n) is 7.67. The summed E-state index contributed by atoms with van der Waals surface area (Å²) in [5.74, 6) is 0.481. The van der Waals surface area contributed by atoms with Crippen LogP contribution < -0.4 is 10.2 Å². The smallest absolute Gasteiger partial charge is 0.307 e. The van der Waals surface area contributed by atoms with Crippen LogP contribution in [-0.2, 0) is 0 Å². The highest BCUT2D eigenvalue weighted by Gasteiger charge is 2.24. The fourth-order valence-corrected chi connectivity index (χ4v) is 3.43. The number of pyridine rings is 1. The summed E-state index contributed by atoms with van der Waals surface area (Å²) in [6.07, 6.45) is 5.45. The summed E-state index contributed by atoms with van der Waals surface area (Å²) in [5.41, 5.74) is 5.08. The summed E-state index contributed by atoms with van der Waals surface area (Å²) in [6.45, 7) is 3.97. The van der Waals surface area contributed by atoms with Crippen molar-refractivity contribution in [1.29, 1.82) is 0 Å². The summed E-state index contributed by atoms with van der Waals surface area (Å²) >= 11 is 0. The lowest BCUT2D eigenvalue weighted by atomic mass is 10.0. The van der Waals surface area contributed by atoms with Crippen LogP contribution in [0.4, 0.5) is 0 Å². The van der Waals surface area contributed by atoms with Gasteiger partial charge in [-0.15, -0.1) is 0 Å².